The van der Waals surface area contributed by atoms with Crippen LogP contribution in [0.25, 0.3) is 0 Å². The van der Waals surface area contributed by atoms with E-state index in [1.807, 2.05) is 0 Å². The van der Waals surface area contributed by atoms with Crippen molar-refractivity contribution in [1.82, 2.24) is 5.01 Å². The van der Waals surface area contributed by atoms with Gasteiger partial charge >= 0.3 is 0 Å². The van der Waals surface area contributed by atoms with E-state index in [9.17, 15) is 15.2 Å². The summed E-state index contributed by atoms with van der Waals surface area (Å²) in [5, 5.41) is 26.7. The highest BCUT2D eigenvalue weighted by Crippen LogP contribution is 2.33. The van der Waals surface area contributed by atoms with Crippen molar-refractivity contribution in [3.63, 3.8) is 0 Å². The van der Waals surface area contributed by atoms with Crippen molar-refractivity contribution < 1.29 is 19.5 Å². The Morgan fingerprint density at radius 1 is 1.50 bits per heavy atom. The standard InChI is InChI=1S/C12H15N3O5/c1-19-11-7-10(15(17)18)6-9(12(11)16)8-13-14-2-4-20-5-3-14/h6-8,16H,2-5H2,1H3/b13-8+. The fraction of sp³-hybridized carbons (Fsp3) is 0.417. The SMILES string of the molecule is COc1cc([N+](=O)[O-])cc(/C=N/N2CCOCC2)c1O. The number of nitrogens with zero attached hydrogens (tertiary/aromatic N) is 3. The maximum Gasteiger partial charge on any atom is 0.274 e. The number of ether oxygens (including phenoxy) is 2. The van der Waals surface area contributed by atoms with Crippen molar-refractivity contribution in [2.75, 3.05) is 33.4 Å². The number of benzene rings is 1. The van der Waals surface area contributed by atoms with Gasteiger partial charge in [0.25, 0.3) is 5.69 Å². The highest BCUT2D eigenvalue weighted by Gasteiger charge is 2.16. The second-order valence-electron chi connectivity index (χ2n) is 4.15. The highest BCUT2D eigenvalue weighted by molar-refractivity contribution is 5.86. The van der Waals surface area contributed by atoms with Crippen molar-refractivity contribution in [2.24, 2.45) is 5.10 Å². The van der Waals surface area contributed by atoms with E-state index in [0.717, 1.165) is 0 Å². The predicted molar refractivity (Wildman–Crippen MR) is 71.3 cm³/mol. The third-order valence-corrected chi connectivity index (χ3v) is 2.87. The Bertz CT molecular complexity index is 526. The molecule has 1 fully saturated rings. The number of hydrogen-bond donors (Lipinski definition) is 1. The monoisotopic (exact) mass is 281 g/mol. The van der Waals surface area contributed by atoms with Gasteiger partial charge in [-0.3, -0.25) is 15.1 Å². The number of aromatic hydroxyl groups is 1. The Morgan fingerprint density at radius 3 is 2.80 bits per heavy atom. The number of non-ortho nitro benzene ring substituents is 1. The second-order valence-corrected chi connectivity index (χ2v) is 4.15. The Kier molecular flexibility index (Phi) is 4.36. The lowest BCUT2D eigenvalue weighted by atomic mass is 10.2. The smallest absolute Gasteiger partial charge is 0.274 e. The molecule has 0 aliphatic carbocycles. The lowest BCUT2D eigenvalue weighted by Crippen LogP contribution is -2.32. The zero-order valence-electron chi connectivity index (χ0n) is 11.0. The van der Waals surface area contributed by atoms with Crippen molar-refractivity contribution >= 4 is 11.9 Å². The first-order valence-electron chi connectivity index (χ1n) is 6.04. The van der Waals surface area contributed by atoms with Gasteiger partial charge in [0.05, 0.1) is 50.6 Å². The highest BCUT2D eigenvalue weighted by atomic mass is 16.6. The number of rotatable bonds is 4. The summed E-state index contributed by atoms with van der Waals surface area (Å²) < 4.78 is 10.1. The molecule has 2 rings (SSSR count). The van der Waals surface area contributed by atoms with E-state index in [1.54, 1.807) is 5.01 Å². The first-order chi connectivity index (χ1) is 9.61. The molecule has 0 spiro atoms. The third-order valence-electron chi connectivity index (χ3n) is 2.87. The molecule has 0 saturated carbocycles. The van der Waals surface area contributed by atoms with Crippen LogP contribution in [-0.2, 0) is 4.74 Å². The Balaban J connectivity index is 2.27. The lowest BCUT2D eigenvalue weighted by Gasteiger charge is -2.23. The van der Waals surface area contributed by atoms with E-state index in [4.69, 9.17) is 9.47 Å². The van der Waals surface area contributed by atoms with Crippen LogP contribution in [-0.4, -0.2) is 54.7 Å². The molecule has 0 aromatic heterocycles. The minimum Gasteiger partial charge on any atom is -0.504 e. The number of nitro benzene ring substituents is 1. The fourth-order valence-corrected chi connectivity index (χ4v) is 1.79. The van der Waals surface area contributed by atoms with Gasteiger partial charge in [0.15, 0.2) is 11.5 Å². The van der Waals surface area contributed by atoms with Crippen LogP contribution >= 0.6 is 0 Å². The lowest BCUT2D eigenvalue weighted by molar-refractivity contribution is -0.385. The minimum absolute atomic E-state index is 0.0441. The van der Waals surface area contributed by atoms with Gasteiger partial charge in [-0.25, -0.2) is 0 Å². The van der Waals surface area contributed by atoms with E-state index in [2.05, 4.69) is 5.10 Å². The number of methoxy groups -OCH3 is 1. The Hall–Kier alpha value is -2.35. The van der Waals surface area contributed by atoms with Crippen LogP contribution in [0.2, 0.25) is 0 Å². The summed E-state index contributed by atoms with van der Waals surface area (Å²) >= 11 is 0. The minimum atomic E-state index is -0.548. The third kappa shape index (κ3) is 3.15. The van der Waals surface area contributed by atoms with Gasteiger partial charge < -0.3 is 14.6 Å². The molecule has 1 aliphatic heterocycles. The molecule has 1 saturated heterocycles. The van der Waals surface area contributed by atoms with Gasteiger partial charge in [0.1, 0.15) is 0 Å². The Morgan fingerprint density at radius 2 is 2.20 bits per heavy atom. The van der Waals surface area contributed by atoms with Gasteiger partial charge in [-0.2, -0.15) is 5.10 Å². The van der Waals surface area contributed by atoms with Crippen LogP contribution < -0.4 is 4.74 Å². The summed E-state index contributed by atoms with van der Waals surface area (Å²) in [7, 11) is 1.33. The molecule has 0 bridgehead atoms. The predicted octanol–water partition coefficient (Wildman–Crippen LogP) is 0.975. The number of phenolic OH excluding ortho intramolecular Hbond substituents is 1. The topological polar surface area (TPSA) is 97.4 Å². The average molecular weight is 281 g/mol. The van der Waals surface area contributed by atoms with Gasteiger partial charge in [-0.1, -0.05) is 0 Å². The van der Waals surface area contributed by atoms with Crippen LogP contribution in [0.1, 0.15) is 5.56 Å². The second kappa shape index (κ2) is 6.20. The van der Waals surface area contributed by atoms with E-state index in [0.29, 0.717) is 26.3 Å². The fourth-order valence-electron chi connectivity index (χ4n) is 1.79. The normalized spacial score (nSPS) is 15.6. The van der Waals surface area contributed by atoms with E-state index in [-0.39, 0.29) is 22.7 Å². The van der Waals surface area contributed by atoms with E-state index in [1.165, 1.54) is 25.5 Å². The van der Waals surface area contributed by atoms with Crippen molar-refractivity contribution in [2.45, 2.75) is 0 Å². The maximum absolute atomic E-state index is 10.8. The molecule has 1 aromatic rings. The van der Waals surface area contributed by atoms with Gasteiger partial charge in [0.2, 0.25) is 0 Å². The summed E-state index contributed by atoms with van der Waals surface area (Å²) in [6, 6.07) is 2.42. The van der Waals surface area contributed by atoms with Crippen molar-refractivity contribution in [3.8, 4) is 11.5 Å². The van der Waals surface area contributed by atoms with Crippen LogP contribution in [0.3, 0.4) is 0 Å². The number of nitro groups is 1. The van der Waals surface area contributed by atoms with E-state index >= 15 is 0 Å². The van der Waals surface area contributed by atoms with Gasteiger partial charge in [0, 0.05) is 11.6 Å². The quantitative estimate of drug-likeness (QED) is 0.502. The molecule has 0 atom stereocenters. The molecule has 1 aromatic carbocycles. The molecular weight excluding hydrogens is 266 g/mol. The summed E-state index contributed by atoms with van der Waals surface area (Å²) in [5.74, 6) is -0.127. The average Bonchev–Trinajstić information content (AvgIpc) is 2.47. The Labute approximate surface area is 115 Å². The first-order valence-corrected chi connectivity index (χ1v) is 6.04. The molecule has 0 radical (unpaired) electrons. The zero-order valence-corrected chi connectivity index (χ0v) is 11.0. The molecule has 20 heavy (non-hydrogen) atoms. The van der Waals surface area contributed by atoms with E-state index < -0.39 is 4.92 Å². The van der Waals surface area contributed by atoms with Crippen LogP contribution in [0.15, 0.2) is 17.2 Å². The maximum atomic E-state index is 10.8. The summed E-state index contributed by atoms with van der Waals surface area (Å²) in [6.45, 7) is 2.45. The molecule has 8 nitrogen and oxygen atoms in total. The molecule has 0 unspecified atom stereocenters. The molecule has 1 heterocycles. The van der Waals surface area contributed by atoms with Crippen LogP contribution in [0, 0.1) is 10.1 Å². The molecule has 8 heteroatoms. The number of hydrazone groups is 1. The zero-order chi connectivity index (χ0) is 14.5. The van der Waals surface area contributed by atoms with Crippen molar-refractivity contribution in [3.05, 3.63) is 27.8 Å². The molecule has 1 aliphatic rings. The molecule has 1 N–H and O–H groups in total. The molecule has 108 valence electrons. The molecular formula is C12H15N3O5. The molecule has 0 amide bonds. The largest absolute Gasteiger partial charge is 0.504 e. The summed E-state index contributed by atoms with van der Waals surface area (Å²) in [4.78, 5) is 10.3. The first kappa shape index (κ1) is 14.1. The number of phenols is 1. The van der Waals surface area contributed by atoms with Crippen molar-refractivity contribution in [1.29, 1.82) is 0 Å². The van der Waals surface area contributed by atoms with Gasteiger partial charge in [-0.15, -0.1) is 0 Å². The number of hydrogen-bond acceptors (Lipinski definition) is 7. The summed E-state index contributed by atoms with van der Waals surface area (Å²) in [6.07, 6.45) is 1.39. The summed E-state index contributed by atoms with van der Waals surface area (Å²) in [5.41, 5.74) is 0.0746. The van der Waals surface area contributed by atoms with Gasteiger partial charge in [-0.05, 0) is 0 Å². The number of morpholine rings is 1. The van der Waals surface area contributed by atoms with Crippen LogP contribution in [0.5, 0.6) is 11.5 Å². The van der Waals surface area contributed by atoms with Crippen LogP contribution in [0.4, 0.5) is 5.69 Å².